The number of aliphatic hydroxyl groups excluding tert-OH is 1. The van der Waals surface area contributed by atoms with Crippen LogP contribution in [0.1, 0.15) is 50.0 Å². The molecular weight excluding hydrogens is 899 g/mol. The van der Waals surface area contributed by atoms with Gasteiger partial charge < -0.3 is 43.6 Å². The van der Waals surface area contributed by atoms with Crippen LogP contribution in [-0.4, -0.2) is 73.9 Å². The molecule has 0 unspecified atom stereocenters. The van der Waals surface area contributed by atoms with Crippen LogP contribution in [0.15, 0.2) is 205 Å². The Kier molecular flexibility index (Phi) is 14.4. The van der Waals surface area contributed by atoms with Crippen LogP contribution in [0, 0.1) is 0 Å². The first-order valence-corrected chi connectivity index (χ1v) is 23.0. The Morgan fingerprint density at radius 1 is 0.563 bits per heavy atom. The number of methoxy groups -OCH3 is 4. The largest absolute Gasteiger partial charge is 0.497 e. The summed E-state index contributed by atoms with van der Waals surface area (Å²) >= 11 is 0. The average Bonchev–Trinajstić information content (AvgIpc) is 3.74. The fourth-order valence-corrected chi connectivity index (χ4v) is 9.17. The molecule has 1 aliphatic rings. The highest BCUT2D eigenvalue weighted by molar-refractivity contribution is 6.03. The van der Waals surface area contributed by atoms with Crippen molar-refractivity contribution >= 4 is 11.7 Å². The molecular formula is C58H53N3O10. The zero-order chi connectivity index (χ0) is 49.4. The van der Waals surface area contributed by atoms with Gasteiger partial charge in [0.15, 0.2) is 6.23 Å². The zero-order valence-corrected chi connectivity index (χ0v) is 39.6. The molecule has 4 atom stereocenters. The summed E-state index contributed by atoms with van der Waals surface area (Å²) in [5.74, 6) is 2.14. The number of benzene rings is 7. The molecule has 71 heavy (non-hydrogen) atoms. The number of aromatic nitrogens is 2. The Morgan fingerprint density at radius 3 is 1.38 bits per heavy atom. The Hall–Kier alpha value is -8.07. The van der Waals surface area contributed by atoms with Gasteiger partial charge in [0.05, 0.1) is 35.0 Å². The Bertz CT molecular complexity index is 2970. The van der Waals surface area contributed by atoms with E-state index in [9.17, 15) is 14.7 Å². The van der Waals surface area contributed by atoms with E-state index in [1.807, 2.05) is 158 Å². The Morgan fingerprint density at radius 2 is 0.958 bits per heavy atom. The minimum absolute atomic E-state index is 0.0257. The quantitative estimate of drug-likeness (QED) is 0.0794. The summed E-state index contributed by atoms with van der Waals surface area (Å²) in [6.07, 6.45) is -3.67. The molecule has 8 aromatic rings. The second kappa shape index (κ2) is 21.3. The molecule has 1 saturated heterocycles. The lowest BCUT2D eigenvalue weighted by molar-refractivity contribution is -0.125. The van der Waals surface area contributed by atoms with Crippen molar-refractivity contribution in [1.29, 1.82) is 0 Å². The third kappa shape index (κ3) is 9.64. The van der Waals surface area contributed by atoms with Crippen molar-refractivity contribution in [3.05, 3.63) is 250 Å². The van der Waals surface area contributed by atoms with E-state index >= 15 is 0 Å². The molecule has 13 heteroatoms. The summed E-state index contributed by atoms with van der Waals surface area (Å²) < 4.78 is 45.3. The molecule has 0 bridgehead atoms. The first-order chi connectivity index (χ1) is 34.7. The average molecular weight is 952 g/mol. The SMILES string of the molecule is COc1ccc(C(OC[C@H]2O[C@@H](n3ccc(NC(=O)c4ccccc4)nc3=O)[C@H](OC(c3ccccc3)(c3ccc(OC)cc3)c3ccc(OC)cc3)[C@@H]2O)(c2ccccc2)c2ccc(OC)cc2)cc1. The molecule has 0 radical (unpaired) electrons. The van der Waals surface area contributed by atoms with Crippen LogP contribution in [-0.2, 0) is 25.4 Å². The van der Waals surface area contributed by atoms with E-state index in [1.54, 1.807) is 58.8 Å². The van der Waals surface area contributed by atoms with E-state index in [4.69, 9.17) is 33.2 Å². The summed E-state index contributed by atoms with van der Waals surface area (Å²) in [6, 6.07) is 59.8. The maximum Gasteiger partial charge on any atom is 0.351 e. The molecule has 2 heterocycles. The van der Waals surface area contributed by atoms with Crippen LogP contribution >= 0.6 is 0 Å². The van der Waals surface area contributed by atoms with Crippen molar-refractivity contribution in [2.24, 2.45) is 0 Å². The van der Waals surface area contributed by atoms with Gasteiger partial charge in [0.2, 0.25) is 0 Å². The highest BCUT2D eigenvalue weighted by Gasteiger charge is 2.53. The van der Waals surface area contributed by atoms with Crippen LogP contribution in [0.4, 0.5) is 5.82 Å². The Balaban J connectivity index is 1.18. The van der Waals surface area contributed by atoms with Gasteiger partial charge in [-0.05, 0) is 100 Å². The third-order valence-corrected chi connectivity index (χ3v) is 12.8. The second-order valence-electron chi connectivity index (χ2n) is 16.8. The lowest BCUT2D eigenvalue weighted by Crippen LogP contribution is -2.46. The number of carbonyl (C=O) groups excluding carboxylic acids is 1. The maximum absolute atomic E-state index is 14.4. The number of nitrogens with zero attached hydrogens (tertiary/aromatic N) is 2. The van der Waals surface area contributed by atoms with Gasteiger partial charge in [0.1, 0.15) is 58.3 Å². The number of carbonyl (C=O) groups is 1. The number of anilines is 1. The van der Waals surface area contributed by atoms with Gasteiger partial charge in [-0.2, -0.15) is 4.98 Å². The van der Waals surface area contributed by atoms with Gasteiger partial charge in [0.25, 0.3) is 5.91 Å². The molecule has 0 aliphatic carbocycles. The molecule has 13 nitrogen and oxygen atoms in total. The summed E-state index contributed by atoms with van der Waals surface area (Å²) in [4.78, 5) is 31.9. The fraction of sp³-hybridized carbons (Fsp3) is 0.190. The molecule has 1 fully saturated rings. The highest BCUT2D eigenvalue weighted by atomic mass is 16.6. The monoisotopic (exact) mass is 951 g/mol. The smallest absolute Gasteiger partial charge is 0.351 e. The molecule has 1 aromatic heterocycles. The molecule has 0 spiro atoms. The number of rotatable bonds is 18. The van der Waals surface area contributed by atoms with Crippen LogP contribution in [0.5, 0.6) is 23.0 Å². The maximum atomic E-state index is 14.4. The van der Waals surface area contributed by atoms with Gasteiger partial charge in [-0.1, -0.05) is 127 Å². The van der Waals surface area contributed by atoms with E-state index in [0.29, 0.717) is 45.3 Å². The first kappa shape index (κ1) is 48.0. The third-order valence-electron chi connectivity index (χ3n) is 12.8. The molecule has 0 saturated carbocycles. The van der Waals surface area contributed by atoms with Gasteiger partial charge in [-0.3, -0.25) is 9.36 Å². The molecule has 7 aromatic carbocycles. The molecule has 9 rings (SSSR count). The van der Waals surface area contributed by atoms with Gasteiger partial charge >= 0.3 is 5.69 Å². The van der Waals surface area contributed by atoms with E-state index in [1.165, 1.54) is 16.8 Å². The predicted octanol–water partition coefficient (Wildman–Crippen LogP) is 9.17. The van der Waals surface area contributed by atoms with Gasteiger partial charge in [-0.25, -0.2) is 4.79 Å². The van der Waals surface area contributed by atoms with E-state index in [-0.39, 0.29) is 12.4 Å². The van der Waals surface area contributed by atoms with Gasteiger partial charge in [0, 0.05) is 11.8 Å². The molecule has 2 N–H and O–H groups in total. The van der Waals surface area contributed by atoms with Crippen LogP contribution in [0.25, 0.3) is 0 Å². The molecule has 1 aliphatic heterocycles. The minimum Gasteiger partial charge on any atom is -0.497 e. The predicted molar refractivity (Wildman–Crippen MR) is 268 cm³/mol. The standard InChI is InChI=1S/C58H53N3O10/c1-65-46-28-20-42(21-29-46)57(40-16-10-6-11-17-40,43-22-30-47(66-2)31-23-43)69-38-50-52(62)53(55(70-50)61-37-36-51(60-56(61)64)59-54(63)39-14-8-5-9-15-39)71-58(41-18-12-7-13-19-41,44-24-32-48(67-3)33-25-44)45-26-34-49(68-4)35-27-45/h5-37,50,52-53,55,62H,38H2,1-4H3,(H,59,60,63,64)/t50-,52-,53-,55-/m1/s1. The van der Waals surface area contributed by atoms with Crippen molar-refractivity contribution in [2.75, 3.05) is 40.4 Å². The summed E-state index contributed by atoms with van der Waals surface area (Å²) in [7, 11) is 6.41. The summed E-state index contributed by atoms with van der Waals surface area (Å²) in [5.41, 5.74) is 1.30. The number of aliphatic hydroxyl groups is 1. The first-order valence-electron chi connectivity index (χ1n) is 23.0. The van der Waals surface area contributed by atoms with Crippen molar-refractivity contribution in [1.82, 2.24) is 9.55 Å². The minimum atomic E-state index is -1.45. The topological polar surface area (TPSA) is 149 Å². The zero-order valence-electron chi connectivity index (χ0n) is 39.6. The number of amides is 1. The fourth-order valence-electron chi connectivity index (χ4n) is 9.17. The normalized spacial score (nSPS) is 16.7. The number of ether oxygens (including phenoxy) is 7. The highest BCUT2D eigenvalue weighted by Crippen LogP contribution is 2.48. The van der Waals surface area contributed by atoms with Crippen molar-refractivity contribution in [2.45, 2.75) is 35.7 Å². The van der Waals surface area contributed by atoms with E-state index in [2.05, 4.69) is 10.3 Å². The van der Waals surface area contributed by atoms with Crippen molar-refractivity contribution in [3.8, 4) is 23.0 Å². The number of hydrogen-bond donors (Lipinski definition) is 2. The molecule has 1 amide bonds. The summed E-state index contributed by atoms with van der Waals surface area (Å²) in [5, 5.41) is 15.7. The van der Waals surface area contributed by atoms with Crippen molar-refractivity contribution < 1.29 is 43.1 Å². The van der Waals surface area contributed by atoms with Gasteiger partial charge in [-0.15, -0.1) is 0 Å². The Labute approximate surface area is 411 Å². The summed E-state index contributed by atoms with van der Waals surface area (Å²) in [6.45, 7) is -0.207. The van der Waals surface area contributed by atoms with Crippen LogP contribution in [0.3, 0.4) is 0 Å². The second-order valence-corrected chi connectivity index (χ2v) is 16.8. The number of hydrogen-bond acceptors (Lipinski definition) is 11. The number of nitrogens with one attached hydrogen (secondary N) is 1. The van der Waals surface area contributed by atoms with Crippen LogP contribution in [0.2, 0.25) is 0 Å². The van der Waals surface area contributed by atoms with Crippen LogP contribution < -0.4 is 30.0 Å². The van der Waals surface area contributed by atoms with E-state index in [0.717, 1.165) is 16.7 Å². The van der Waals surface area contributed by atoms with Crippen molar-refractivity contribution in [3.63, 3.8) is 0 Å². The lowest BCUT2D eigenvalue weighted by atomic mass is 9.79. The lowest BCUT2D eigenvalue weighted by Gasteiger charge is -2.40. The van der Waals surface area contributed by atoms with E-state index < -0.39 is 47.3 Å². The molecule has 360 valence electrons.